The number of unbranched alkanes of at least 4 members (excludes halogenated alkanes) is 11. The number of cyclic esters (lactones) is 1. The first-order valence-electron chi connectivity index (χ1n) is 13.9. The van der Waals surface area contributed by atoms with Crippen molar-refractivity contribution in [3.05, 3.63) is 0 Å². The fourth-order valence-electron chi connectivity index (χ4n) is 4.52. The molecule has 1 saturated heterocycles. The summed E-state index contributed by atoms with van der Waals surface area (Å²) in [6, 6.07) is 0. The van der Waals surface area contributed by atoms with Crippen molar-refractivity contribution in [2.24, 2.45) is 11.8 Å². The number of esters is 2. The summed E-state index contributed by atoms with van der Waals surface area (Å²) in [4.78, 5) is 24.3. The summed E-state index contributed by atoms with van der Waals surface area (Å²) in [5, 5.41) is 0. The lowest BCUT2D eigenvalue weighted by atomic mass is 9.86. The lowest BCUT2D eigenvalue weighted by Crippen LogP contribution is -2.47. The number of carbonyl (C=O) groups excluding carboxylic acids is 2. The van der Waals surface area contributed by atoms with E-state index in [1.54, 1.807) is 0 Å². The quantitative estimate of drug-likeness (QED) is 0.130. The van der Waals surface area contributed by atoms with Crippen molar-refractivity contribution < 1.29 is 19.1 Å². The fraction of sp³-hybridized carbons (Fsp3) is 0.929. The SMILES string of the molecule is CCCCCCCCCCC[C@@H](C[C@@H]1OC(=O)[C@H]1CCCCCC)OC(=O)CCC(C)C. The Labute approximate surface area is 198 Å². The van der Waals surface area contributed by atoms with Crippen molar-refractivity contribution in [2.75, 3.05) is 0 Å². The van der Waals surface area contributed by atoms with Gasteiger partial charge in [0, 0.05) is 12.8 Å². The van der Waals surface area contributed by atoms with Crippen molar-refractivity contribution in [2.45, 2.75) is 155 Å². The molecule has 0 saturated carbocycles. The first-order chi connectivity index (χ1) is 15.5. The van der Waals surface area contributed by atoms with Crippen LogP contribution in [0.25, 0.3) is 0 Å². The van der Waals surface area contributed by atoms with Gasteiger partial charge in [0.05, 0.1) is 5.92 Å². The second-order valence-electron chi connectivity index (χ2n) is 10.3. The largest absolute Gasteiger partial charge is 0.462 e. The van der Waals surface area contributed by atoms with Crippen molar-refractivity contribution >= 4 is 11.9 Å². The van der Waals surface area contributed by atoms with Gasteiger partial charge in [-0.25, -0.2) is 0 Å². The Morgan fingerprint density at radius 2 is 1.41 bits per heavy atom. The van der Waals surface area contributed by atoms with Gasteiger partial charge in [-0.2, -0.15) is 0 Å². The highest BCUT2D eigenvalue weighted by Crippen LogP contribution is 2.32. The van der Waals surface area contributed by atoms with Crippen molar-refractivity contribution in [3.63, 3.8) is 0 Å². The zero-order chi connectivity index (χ0) is 23.6. The molecule has 0 amide bonds. The summed E-state index contributed by atoms with van der Waals surface area (Å²) in [6.45, 7) is 8.71. The molecule has 4 nitrogen and oxygen atoms in total. The predicted octanol–water partition coefficient (Wildman–Crippen LogP) is 8.16. The summed E-state index contributed by atoms with van der Waals surface area (Å²) >= 11 is 0. The molecule has 1 aliphatic rings. The van der Waals surface area contributed by atoms with Crippen LogP contribution in [0.2, 0.25) is 0 Å². The molecular formula is C28H52O4. The molecule has 0 aromatic heterocycles. The third kappa shape index (κ3) is 13.5. The van der Waals surface area contributed by atoms with Crippen LogP contribution in [0.3, 0.4) is 0 Å². The molecule has 3 atom stereocenters. The number of hydrogen-bond donors (Lipinski definition) is 0. The number of hydrogen-bond acceptors (Lipinski definition) is 4. The van der Waals surface area contributed by atoms with E-state index in [1.807, 2.05) is 0 Å². The Morgan fingerprint density at radius 3 is 1.97 bits per heavy atom. The third-order valence-electron chi connectivity index (χ3n) is 6.74. The summed E-state index contributed by atoms with van der Waals surface area (Å²) in [6.07, 6.45) is 19.9. The Hall–Kier alpha value is -1.06. The summed E-state index contributed by atoms with van der Waals surface area (Å²) in [7, 11) is 0. The standard InChI is InChI=1S/C28H52O4/c1-5-7-9-11-12-13-14-15-16-18-24(31-27(29)21-20-23(3)4)22-26-25(28(30)32-26)19-17-10-8-6-2/h23-26H,5-22H2,1-4H3/t24-,25-,26-/m0/s1. The van der Waals surface area contributed by atoms with E-state index >= 15 is 0 Å². The van der Waals surface area contributed by atoms with E-state index in [4.69, 9.17) is 9.47 Å². The van der Waals surface area contributed by atoms with Crippen LogP contribution in [0.1, 0.15) is 143 Å². The van der Waals surface area contributed by atoms with Gasteiger partial charge in [0.2, 0.25) is 0 Å². The summed E-state index contributed by atoms with van der Waals surface area (Å²) in [5.74, 6) is 0.356. The van der Waals surface area contributed by atoms with E-state index in [2.05, 4.69) is 27.7 Å². The molecule has 0 bridgehead atoms. The highest BCUT2D eigenvalue weighted by molar-refractivity contribution is 5.78. The minimum atomic E-state index is -0.115. The Morgan fingerprint density at radius 1 is 0.844 bits per heavy atom. The first kappa shape index (κ1) is 29.0. The highest BCUT2D eigenvalue weighted by Gasteiger charge is 2.43. The number of rotatable bonds is 21. The smallest absolute Gasteiger partial charge is 0.313 e. The maximum atomic E-state index is 12.4. The number of carbonyl (C=O) groups is 2. The van der Waals surface area contributed by atoms with E-state index in [1.165, 1.54) is 70.6 Å². The molecule has 0 spiro atoms. The van der Waals surface area contributed by atoms with Crippen molar-refractivity contribution in [3.8, 4) is 0 Å². The number of ether oxygens (including phenoxy) is 2. The van der Waals surface area contributed by atoms with Crippen LogP contribution in [0.15, 0.2) is 0 Å². The van der Waals surface area contributed by atoms with Crippen LogP contribution >= 0.6 is 0 Å². The van der Waals surface area contributed by atoms with E-state index < -0.39 is 0 Å². The fourth-order valence-corrected chi connectivity index (χ4v) is 4.52. The van der Waals surface area contributed by atoms with E-state index in [0.717, 1.165) is 32.1 Å². The molecule has 0 aromatic carbocycles. The van der Waals surface area contributed by atoms with Crippen molar-refractivity contribution in [1.82, 2.24) is 0 Å². The Balaban J connectivity index is 2.39. The monoisotopic (exact) mass is 452 g/mol. The summed E-state index contributed by atoms with van der Waals surface area (Å²) in [5.41, 5.74) is 0. The lowest BCUT2D eigenvalue weighted by molar-refractivity contribution is -0.190. The molecule has 1 rings (SSSR count). The van der Waals surface area contributed by atoms with Crippen LogP contribution in [0, 0.1) is 11.8 Å². The van der Waals surface area contributed by atoms with E-state index in [9.17, 15) is 9.59 Å². The van der Waals surface area contributed by atoms with Gasteiger partial charge in [-0.05, 0) is 31.6 Å². The second-order valence-corrected chi connectivity index (χ2v) is 10.3. The van der Waals surface area contributed by atoms with Gasteiger partial charge in [-0.1, -0.05) is 105 Å². The van der Waals surface area contributed by atoms with Gasteiger partial charge >= 0.3 is 11.9 Å². The lowest BCUT2D eigenvalue weighted by Gasteiger charge is -2.37. The molecule has 188 valence electrons. The maximum Gasteiger partial charge on any atom is 0.313 e. The van der Waals surface area contributed by atoms with E-state index in [-0.39, 0.29) is 30.1 Å². The molecule has 1 aliphatic heterocycles. The molecule has 0 N–H and O–H groups in total. The minimum absolute atomic E-state index is 0.00634. The van der Waals surface area contributed by atoms with Gasteiger partial charge in [-0.15, -0.1) is 0 Å². The maximum absolute atomic E-state index is 12.4. The molecule has 0 radical (unpaired) electrons. The van der Waals surface area contributed by atoms with Crippen LogP contribution in [-0.2, 0) is 19.1 Å². The molecule has 1 heterocycles. The molecule has 0 aliphatic carbocycles. The normalized spacial score (nSPS) is 19.0. The highest BCUT2D eigenvalue weighted by atomic mass is 16.6. The van der Waals surface area contributed by atoms with Crippen LogP contribution < -0.4 is 0 Å². The second kappa shape index (κ2) is 18.4. The van der Waals surface area contributed by atoms with Gasteiger partial charge < -0.3 is 9.47 Å². The van der Waals surface area contributed by atoms with Gasteiger partial charge in [0.15, 0.2) is 0 Å². The Bertz CT molecular complexity index is 488. The van der Waals surface area contributed by atoms with Crippen LogP contribution in [0.4, 0.5) is 0 Å². The zero-order valence-electron chi connectivity index (χ0n) is 21.7. The minimum Gasteiger partial charge on any atom is -0.462 e. The molecule has 0 aromatic rings. The molecular weight excluding hydrogens is 400 g/mol. The average Bonchev–Trinajstić information content (AvgIpc) is 2.75. The average molecular weight is 453 g/mol. The predicted molar refractivity (Wildman–Crippen MR) is 133 cm³/mol. The first-order valence-corrected chi connectivity index (χ1v) is 13.9. The molecule has 32 heavy (non-hydrogen) atoms. The molecule has 4 heteroatoms. The van der Waals surface area contributed by atoms with Gasteiger partial charge in [0.25, 0.3) is 0 Å². The van der Waals surface area contributed by atoms with Gasteiger partial charge in [-0.3, -0.25) is 9.59 Å². The zero-order valence-corrected chi connectivity index (χ0v) is 21.7. The van der Waals surface area contributed by atoms with Crippen LogP contribution in [0.5, 0.6) is 0 Å². The van der Waals surface area contributed by atoms with Gasteiger partial charge in [0.1, 0.15) is 12.2 Å². The topological polar surface area (TPSA) is 52.6 Å². The summed E-state index contributed by atoms with van der Waals surface area (Å²) < 4.78 is 11.4. The molecule has 1 fully saturated rings. The van der Waals surface area contributed by atoms with E-state index in [0.29, 0.717) is 18.8 Å². The third-order valence-corrected chi connectivity index (χ3v) is 6.74. The van der Waals surface area contributed by atoms with Crippen LogP contribution in [-0.4, -0.2) is 24.1 Å². The molecule has 0 unspecified atom stereocenters. The Kier molecular flexibility index (Phi) is 16.6. The van der Waals surface area contributed by atoms with Crippen molar-refractivity contribution in [1.29, 1.82) is 0 Å².